The van der Waals surface area contributed by atoms with Crippen LogP contribution in [0.25, 0.3) is 21.0 Å². The molecule has 15 heteroatoms. The minimum Gasteiger partial charge on any atom is -0.475 e. The number of aromatic nitrogens is 2. The van der Waals surface area contributed by atoms with Crippen molar-refractivity contribution in [1.29, 1.82) is 0 Å². The van der Waals surface area contributed by atoms with Crippen molar-refractivity contribution >= 4 is 60.0 Å². The summed E-state index contributed by atoms with van der Waals surface area (Å²) in [6.07, 6.45) is -1.39. The third-order valence-corrected chi connectivity index (χ3v) is 8.64. The van der Waals surface area contributed by atoms with Gasteiger partial charge in [0.25, 0.3) is 10.0 Å². The first kappa shape index (κ1) is 27.2. The molecule has 1 saturated heterocycles. The van der Waals surface area contributed by atoms with Crippen LogP contribution in [0.3, 0.4) is 0 Å². The second-order valence-electron chi connectivity index (χ2n) is 8.23. The fourth-order valence-electron chi connectivity index (χ4n) is 3.79. The predicted octanol–water partition coefficient (Wildman–Crippen LogP) is 3.14. The van der Waals surface area contributed by atoms with Crippen molar-refractivity contribution in [3.63, 3.8) is 0 Å². The Balaban J connectivity index is 0.000000426. The standard InChI is InChI=1S/C21H19N5O3S2.C2HF3O2/c22-20-15-10-13(3-4-14(15)5-8-24-20)12-26-9-6-16(21(26)27)25-31(28,29)19-11-17-18(30-19)2-1-7-23-17;3-2(4,5)1(6)7/h1-5,7-8,10-11,16,25H,6,9,12H2,(H2,22,24);(H,6,7)/t16-;/m0./s1. The Hall–Kier alpha value is -3.82. The van der Waals surface area contributed by atoms with Gasteiger partial charge in [-0.25, -0.2) is 18.2 Å². The number of nitrogens with one attached hydrogen (secondary N) is 1. The van der Waals surface area contributed by atoms with E-state index in [0.29, 0.717) is 30.8 Å². The lowest BCUT2D eigenvalue weighted by Gasteiger charge is -2.17. The number of rotatable bonds is 5. The van der Waals surface area contributed by atoms with Crippen LogP contribution in [-0.4, -0.2) is 59.0 Å². The molecule has 0 unspecified atom stereocenters. The van der Waals surface area contributed by atoms with E-state index >= 15 is 0 Å². The Bertz CT molecular complexity index is 1590. The Morgan fingerprint density at radius 1 is 1.18 bits per heavy atom. The highest BCUT2D eigenvalue weighted by Crippen LogP contribution is 2.28. The molecule has 4 N–H and O–H groups in total. The molecule has 1 aliphatic rings. The molecular weight excluding hydrogens is 547 g/mol. The van der Waals surface area contributed by atoms with Gasteiger partial charge in [0.15, 0.2) is 0 Å². The maximum atomic E-state index is 12.9. The minimum atomic E-state index is -5.08. The molecule has 1 fully saturated rings. The van der Waals surface area contributed by atoms with Crippen LogP contribution in [0.2, 0.25) is 0 Å². The van der Waals surface area contributed by atoms with Gasteiger partial charge in [-0.05, 0) is 47.7 Å². The summed E-state index contributed by atoms with van der Waals surface area (Å²) >= 11 is 1.14. The average Bonchev–Trinajstić information content (AvgIpc) is 3.44. The second-order valence-corrected chi connectivity index (χ2v) is 11.3. The lowest BCUT2D eigenvalue weighted by atomic mass is 10.1. The van der Waals surface area contributed by atoms with Gasteiger partial charge in [-0.15, -0.1) is 11.3 Å². The van der Waals surface area contributed by atoms with Crippen LogP contribution < -0.4 is 10.5 Å². The number of benzene rings is 1. The van der Waals surface area contributed by atoms with Crippen LogP contribution in [-0.2, 0) is 26.2 Å². The number of carbonyl (C=O) groups is 2. The van der Waals surface area contributed by atoms with Crippen molar-refractivity contribution in [2.24, 2.45) is 0 Å². The van der Waals surface area contributed by atoms with Crippen molar-refractivity contribution in [3.05, 3.63) is 60.4 Å². The van der Waals surface area contributed by atoms with Crippen LogP contribution >= 0.6 is 11.3 Å². The molecular formula is C23H20F3N5O5S2. The highest BCUT2D eigenvalue weighted by Gasteiger charge is 2.38. The van der Waals surface area contributed by atoms with E-state index in [1.54, 1.807) is 23.4 Å². The highest BCUT2D eigenvalue weighted by atomic mass is 32.2. The van der Waals surface area contributed by atoms with Gasteiger partial charge in [0.05, 0.1) is 10.2 Å². The molecule has 1 atom stereocenters. The quantitative estimate of drug-likeness (QED) is 0.332. The Labute approximate surface area is 218 Å². The van der Waals surface area contributed by atoms with Gasteiger partial charge in [0.1, 0.15) is 16.1 Å². The lowest BCUT2D eigenvalue weighted by molar-refractivity contribution is -0.192. The number of alkyl halides is 3. The number of halogens is 3. The molecule has 38 heavy (non-hydrogen) atoms. The Morgan fingerprint density at radius 3 is 2.61 bits per heavy atom. The van der Waals surface area contributed by atoms with E-state index in [4.69, 9.17) is 15.6 Å². The monoisotopic (exact) mass is 567 g/mol. The van der Waals surface area contributed by atoms with Crippen molar-refractivity contribution in [2.45, 2.75) is 29.4 Å². The number of anilines is 1. The van der Waals surface area contributed by atoms with E-state index in [-0.39, 0.29) is 10.1 Å². The fourth-order valence-corrected chi connectivity index (χ4v) is 6.37. The first-order valence-corrected chi connectivity index (χ1v) is 13.2. The molecule has 200 valence electrons. The number of thiophene rings is 1. The zero-order chi connectivity index (χ0) is 27.7. The Morgan fingerprint density at radius 2 is 1.92 bits per heavy atom. The number of hydrogen-bond donors (Lipinski definition) is 3. The van der Waals surface area contributed by atoms with Crippen molar-refractivity contribution in [2.75, 3.05) is 12.3 Å². The van der Waals surface area contributed by atoms with Gasteiger partial charge in [-0.3, -0.25) is 9.78 Å². The third-order valence-electron chi connectivity index (χ3n) is 5.60. The summed E-state index contributed by atoms with van der Waals surface area (Å²) in [5.74, 6) is -2.55. The molecule has 0 bridgehead atoms. The first-order valence-electron chi connectivity index (χ1n) is 10.9. The summed E-state index contributed by atoms with van der Waals surface area (Å²) in [5.41, 5.74) is 7.50. The molecule has 5 rings (SSSR count). The van der Waals surface area contributed by atoms with Crippen molar-refractivity contribution in [3.8, 4) is 0 Å². The molecule has 4 aromatic rings. The van der Waals surface area contributed by atoms with Gasteiger partial charge in [0.2, 0.25) is 5.91 Å². The van der Waals surface area contributed by atoms with E-state index < -0.39 is 28.2 Å². The Kier molecular flexibility index (Phi) is 7.53. The van der Waals surface area contributed by atoms with E-state index in [1.807, 2.05) is 30.3 Å². The van der Waals surface area contributed by atoms with Gasteiger partial charge >= 0.3 is 12.1 Å². The van der Waals surface area contributed by atoms with Gasteiger partial charge in [-0.1, -0.05) is 12.1 Å². The van der Waals surface area contributed by atoms with E-state index in [9.17, 15) is 26.4 Å². The van der Waals surface area contributed by atoms with Crippen LogP contribution in [0.15, 0.2) is 59.1 Å². The summed E-state index contributed by atoms with van der Waals surface area (Å²) < 4.78 is 60.9. The van der Waals surface area contributed by atoms with Crippen LogP contribution in [0.1, 0.15) is 12.0 Å². The smallest absolute Gasteiger partial charge is 0.475 e. The van der Waals surface area contributed by atoms with E-state index in [1.165, 1.54) is 6.07 Å². The summed E-state index contributed by atoms with van der Waals surface area (Å²) in [6.45, 7) is 0.856. The molecule has 0 spiro atoms. The molecule has 0 radical (unpaired) electrons. The average molecular weight is 568 g/mol. The minimum absolute atomic E-state index is 0.157. The maximum absolute atomic E-state index is 12.9. The number of carboxylic acid groups (broad SMARTS) is 1. The number of nitrogen functional groups attached to an aromatic ring is 1. The molecule has 3 aromatic heterocycles. The third kappa shape index (κ3) is 6.00. The number of likely N-dealkylation sites (tertiary alicyclic amines) is 1. The number of carboxylic acids is 1. The lowest BCUT2D eigenvalue weighted by Crippen LogP contribution is -2.41. The van der Waals surface area contributed by atoms with E-state index in [2.05, 4.69) is 14.7 Å². The molecule has 10 nitrogen and oxygen atoms in total. The zero-order valence-electron chi connectivity index (χ0n) is 19.3. The SMILES string of the molecule is Nc1nccc2ccc(CN3CC[C@H](NS(=O)(=O)c4cc5ncccc5s4)C3=O)cc12.O=C(O)C(F)(F)F. The molecule has 0 saturated carbocycles. The number of carbonyl (C=O) groups excluding carboxylic acids is 1. The number of nitrogens with zero attached hydrogens (tertiary/aromatic N) is 3. The van der Waals surface area contributed by atoms with Crippen molar-refractivity contribution < 1.29 is 36.3 Å². The highest BCUT2D eigenvalue weighted by molar-refractivity contribution is 7.91. The fraction of sp³-hybridized carbons (Fsp3) is 0.217. The first-order chi connectivity index (χ1) is 17.8. The van der Waals surface area contributed by atoms with Gasteiger partial charge < -0.3 is 15.7 Å². The number of hydrogen-bond acceptors (Lipinski definition) is 8. The van der Waals surface area contributed by atoms with Crippen LogP contribution in [0.4, 0.5) is 19.0 Å². The second kappa shape index (κ2) is 10.5. The molecule has 4 heterocycles. The molecule has 0 aliphatic carbocycles. The number of aliphatic carboxylic acids is 1. The summed E-state index contributed by atoms with van der Waals surface area (Å²) in [6, 6.07) is 12.0. The molecule has 1 aliphatic heterocycles. The molecule has 1 amide bonds. The van der Waals surface area contributed by atoms with Crippen LogP contribution in [0.5, 0.6) is 0 Å². The largest absolute Gasteiger partial charge is 0.490 e. The summed E-state index contributed by atoms with van der Waals surface area (Å²) in [5, 5.41) is 8.94. The molecule has 1 aromatic carbocycles. The summed E-state index contributed by atoms with van der Waals surface area (Å²) in [7, 11) is -3.81. The normalized spacial score (nSPS) is 16.0. The number of fused-ring (bicyclic) bond motifs is 2. The van der Waals surface area contributed by atoms with Crippen LogP contribution in [0, 0.1) is 0 Å². The number of pyridine rings is 2. The number of sulfonamides is 1. The van der Waals surface area contributed by atoms with Crippen molar-refractivity contribution in [1.82, 2.24) is 19.6 Å². The maximum Gasteiger partial charge on any atom is 0.490 e. The predicted molar refractivity (Wildman–Crippen MR) is 134 cm³/mol. The topological polar surface area (TPSA) is 156 Å². The summed E-state index contributed by atoms with van der Waals surface area (Å²) in [4.78, 5) is 31.7. The number of amides is 1. The van der Waals surface area contributed by atoms with E-state index in [0.717, 1.165) is 32.4 Å². The zero-order valence-corrected chi connectivity index (χ0v) is 21.0. The van der Waals surface area contributed by atoms with Gasteiger partial charge in [0, 0.05) is 30.9 Å². The number of nitrogens with two attached hydrogens (primary N) is 1. The van der Waals surface area contributed by atoms with Gasteiger partial charge in [-0.2, -0.15) is 17.9 Å².